The van der Waals surface area contributed by atoms with Crippen LogP contribution in [-0.2, 0) is 0 Å². The third kappa shape index (κ3) is 10.2. The summed E-state index contributed by atoms with van der Waals surface area (Å²) in [5.74, 6) is 0. The molecule has 98 heavy (non-hydrogen) atoms. The van der Waals surface area contributed by atoms with Gasteiger partial charge in [-0.05, 0) is 124 Å². The lowest BCUT2D eigenvalue weighted by molar-refractivity contribution is 1.30. The molecule has 10 nitrogen and oxygen atoms in total. The Kier molecular flexibility index (Phi) is 13.3. The minimum absolute atomic E-state index is 0.822. The van der Waals surface area contributed by atoms with Gasteiger partial charge in [0.15, 0.2) is 0 Å². The van der Waals surface area contributed by atoms with Crippen LogP contribution in [0.1, 0.15) is 0 Å². The average Bonchev–Trinajstić information content (AvgIpc) is 0.770. The fourth-order valence-electron chi connectivity index (χ4n) is 13.7. The van der Waals surface area contributed by atoms with Crippen molar-refractivity contribution < 1.29 is 0 Å². The van der Waals surface area contributed by atoms with Crippen molar-refractivity contribution in [3.05, 3.63) is 316 Å². The molecule has 0 radical (unpaired) electrons. The van der Waals surface area contributed by atoms with Crippen molar-refractivity contribution in [2.45, 2.75) is 0 Å². The molecule has 10 heterocycles. The van der Waals surface area contributed by atoms with Crippen LogP contribution < -0.4 is 0 Å². The van der Waals surface area contributed by atoms with Crippen LogP contribution in [0, 0.1) is 0 Å². The number of benzene rings is 9. The zero-order valence-corrected chi connectivity index (χ0v) is 52.5. The largest absolute Gasteiger partial charge is 0.264 e. The average molecular weight is 1250 g/mol. The Morgan fingerprint density at radius 1 is 0.194 bits per heavy atom. The van der Waals surface area contributed by atoms with Crippen LogP contribution in [0.25, 0.3) is 199 Å². The number of nitrogens with zero attached hydrogens (tertiary/aromatic N) is 10. The molecule has 0 N–H and O–H groups in total. The maximum Gasteiger partial charge on any atom is 0.0972 e. The van der Waals surface area contributed by atoms with E-state index in [4.69, 9.17) is 39.9 Å². The molecule has 0 saturated carbocycles. The van der Waals surface area contributed by atoms with E-state index in [1.165, 1.54) is 0 Å². The molecule has 0 fully saturated rings. The Labute approximate surface area is 562 Å². The predicted octanol–water partition coefficient (Wildman–Crippen LogP) is 21.5. The normalized spacial score (nSPS) is 11.7. The van der Waals surface area contributed by atoms with Crippen molar-refractivity contribution >= 4 is 87.2 Å². The lowest BCUT2D eigenvalue weighted by Crippen LogP contribution is -1.95. The van der Waals surface area contributed by atoms with E-state index >= 15 is 0 Å². The van der Waals surface area contributed by atoms with E-state index in [1.807, 2.05) is 61.3 Å². The van der Waals surface area contributed by atoms with Gasteiger partial charge in [-0.3, -0.25) is 19.9 Å². The van der Waals surface area contributed by atoms with E-state index in [9.17, 15) is 0 Å². The van der Waals surface area contributed by atoms with Crippen LogP contribution in [0.15, 0.2) is 316 Å². The molecule has 9 aromatic carbocycles. The molecular formula is C88H52N10. The summed E-state index contributed by atoms with van der Waals surface area (Å²) in [6.07, 6.45) is 11.1. The number of aromatic nitrogens is 10. The molecule has 19 aromatic rings. The summed E-state index contributed by atoms with van der Waals surface area (Å²) in [5, 5.41) is 8.41. The molecule has 10 heteroatoms. The van der Waals surface area contributed by atoms with Gasteiger partial charge in [-0.15, -0.1) is 0 Å². The van der Waals surface area contributed by atoms with Gasteiger partial charge in [0.05, 0.1) is 78.3 Å². The first-order valence-corrected chi connectivity index (χ1v) is 32.6. The van der Waals surface area contributed by atoms with Crippen molar-refractivity contribution in [3.8, 4) is 112 Å². The Balaban J connectivity index is 0.600. The molecule has 454 valence electrons. The minimum atomic E-state index is 0.822. The first kappa shape index (κ1) is 56.1. The van der Waals surface area contributed by atoms with Gasteiger partial charge in [0, 0.05) is 125 Å². The highest BCUT2D eigenvalue weighted by Crippen LogP contribution is 2.40. The summed E-state index contributed by atoms with van der Waals surface area (Å²) >= 11 is 0. The van der Waals surface area contributed by atoms with Gasteiger partial charge in [0.1, 0.15) is 0 Å². The lowest BCUT2D eigenvalue weighted by Gasteiger charge is -2.14. The van der Waals surface area contributed by atoms with Gasteiger partial charge >= 0.3 is 0 Å². The Morgan fingerprint density at radius 3 is 1.20 bits per heavy atom. The second-order valence-corrected chi connectivity index (χ2v) is 24.8. The molecule has 0 saturated heterocycles. The molecule has 19 rings (SSSR count). The van der Waals surface area contributed by atoms with Gasteiger partial charge in [0.2, 0.25) is 0 Å². The second-order valence-electron chi connectivity index (χ2n) is 24.8. The molecule has 0 unspecified atom stereocenters. The van der Waals surface area contributed by atoms with Crippen molar-refractivity contribution in [2.24, 2.45) is 0 Å². The quantitative estimate of drug-likeness (QED) is 0.122. The van der Waals surface area contributed by atoms with Gasteiger partial charge in [-0.1, -0.05) is 188 Å². The summed E-state index contributed by atoms with van der Waals surface area (Å²) in [6.45, 7) is 0. The molecule has 0 amide bonds. The first-order valence-electron chi connectivity index (χ1n) is 32.6. The molecule has 0 aliphatic rings. The molecular weight excluding hydrogens is 1200 g/mol. The molecule has 0 spiro atoms. The maximum absolute atomic E-state index is 5.54. The summed E-state index contributed by atoms with van der Waals surface area (Å²) in [6, 6.07) is 97.6. The van der Waals surface area contributed by atoms with E-state index in [2.05, 4.69) is 259 Å². The third-order valence-corrected chi connectivity index (χ3v) is 18.9. The molecule has 0 aliphatic carbocycles. The Hall–Kier alpha value is -13.4. The van der Waals surface area contributed by atoms with E-state index in [0.717, 1.165) is 199 Å². The highest BCUT2D eigenvalue weighted by atomic mass is 14.8. The van der Waals surface area contributed by atoms with Crippen LogP contribution in [0.4, 0.5) is 0 Å². The Bertz CT molecular complexity index is 6420. The van der Waals surface area contributed by atoms with Crippen LogP contribution in [-0.4, -0.2) is 49.8 Å². The van der Waals surface area contributed by atoms with Crippen molar-refractivity contribution in [1.29, 1.82) is 0 Å². The third-order valence-electron chi connectivity index (χ3n) is 18.9. The van der Waals surface area contributed by atoms with Crippen molar-refractivity contribution in [3.63, 3.8) is 0 Å². The second kappa shape index (κ2) is 23.2. The number of pyridine rings is 10. The molecule has 0 aliphatic heterocycles. The van der Waals surface area contributed by atoms with Gasteiger partial charge in [-0.2, -0.15) is 0 Å². The predicted molar refractivity (Wildman–Crippen MR) is 399 cm³/mol. The van der Waals surface area contributed by atoms with Crippen molar-refractivity contribution in [2.75, 3.05) is 0 Å². The first-order chi connectivity index (χ1) is 48.5. The van der Waals surface area contributed by atoms with E-state index < -0.39 is 0 Å². The fraction of sp³-hybridized carbons (Fsp3) is 0. The molecule has 0 bridgehead atoms. The van der Waals surface area contributed by atoms with E-state index in [0.29, 0.717) is 0 Å². The molecule has 0 atom stereocenters. The summed E-state index contributed by atoms with van der Waals surface area (Å²) < 4.78 is 0. The van der Waals surface area contributed by atoms with Gasteiger partial charge in [0.25, 0.3) is 0 Å². The summed E-state index contributed by atoms with van der Waals surface area (Å²) in [4.78, 5) is 50.2. The van der Waals surface area contributed by atoms with Crippen LogP contribution in [0.3, 0.4) is 0 Å². The van der Waals surface area contributed by atoms with Crippen molar-refractivity contribution in [1.82, 2.24) is 49.8 Å². The van der Waals surface area contributed by atoms with Crippen LogP contribution in [0.5, 0.6) is 0 Å². The SMILES string of the molecule is c1ccc(-c2nc3c(ccc4ccc(-c5ccc(-c6ccc7ccc(-c8ccc9ccc(-c%10cccnc%10)nc9c8)cc7n6)cc5)nc43)cc2-c2cncc(-c3ccc4ccc(-c5ccc6ccc(-c7ccc(-c8ccnc9c8ccc8cccnc89)cc7)nc6c5)cc4n3)c2)cc1. The zero-order valence-electron chi connectivity index (χ0n) is 52.5. The number of fused-ring (bicyclic) bond motifs is 10. The smallest absolute Gasteiger partial charge is 0.0972 e. The standard InChI is InChI=1S/C88H52N10/c1-2-6-61(7-3-1)84-74(45-68-27-22-63-33-39-77(97-86(63)87(68)98-84)56-16-14-55(15-17-56)76-36-30-58-18-23-64(46-81(58)94-76)66-25-20-59-31-37-78(95-82(59)48-66)69-9-4-41-89-50-69)70-44-71(52-90-51-70)79-38-32-60-21-26-67(49-83(60)96-79)65-24-19-57-29-35-75(93-80(57)47-65)54-12-10-53(11-13-54)72-40-43-92-88-73(72)34-28-62-8-5-42-91-85(62)88/h1-52H. The maximum atomic E-state index is 5.54. The van der Waals surface area contributed by atoms with E-state index in [-0.39, 0.29) is 0 Å². The number of rotatable bonds is 10. The zero-order chi connectivity index (χ0) is 64.6. The number of hydrogen-bond donors (Lipinski definition) is 0. The number of hydrogen-bond acceptors (Lipinski definition) is 10. The van der Waals surface area contributed by atoms with Crippen LogP contribution >= 0.6 is 0 Å². The van der Waals surface area contributed by atoms with E-state index in [1.54, 1.807) is 6.20 Å². The highest BCUT2D eigenvalue weighted by molar-refractivity contribution is 6.09. The van der Waals surface area contributed by atoms with Gasteiger partial charge < -0.3 is 0 Å². The lowest BCUT2D eigenvalue weighted by atomic mass is 9.96. The van der Waals surface area contributed by atoms with Crippen LogP contribution in [0.2, 0.25) is 0 Å². The fourth-order valence-corrected chi connectivity index (χ4v) is 13.7. The minimum Gasteiger partial charge on any atom is -0.264 e. The molecule has 10 aromatic heterocycles. The Morgan fingerprint density at radius 2 is 0.622 bits per heavy atom. The summed E-state index contributed by atoms with van der Waals surface area (Å²) in [7, 11) is 0. The van der Waals surface area contributed by atoms with Gasteiger partial charge in [-0.25, -0.2) is 29.9 Å². The monoisotopic (exact) mass is 1250 g/mol. The topological polar surface area (TPSA) is 129 Å². The highest BCUT2D eigenvalue weighted by Gasteiger charge is 2.18. The summed E-state index contributed by atoms with van der Waals surface area (Å²) in [5.41, 5.74) is 26.7.